The van der Waals surface area contributed by atoms with Gasteiger partial charge in [0, 0.05) is 35.2 Å². The first-order chi connectivity index (χ1) is 18.4. The number of hydrogen-bond acceptors (Lipinski definition) is 9. The molecule has 0 atom stereocenters. The highest BCUT2D eigenvalue weighted by Crippen LogP contribution is 2.15. The van der Waals surface area contributed by atoms with E-state index in [9.17, 15) is 9.59 Å². The summed E-state index contributed by atoms with van der Waals surface area (Å²) in [6, 6.07) is 14.8. The maximum atomic E-state index is 12.1. The second-order valence-corrected chi connectivity index (χ2v) is 8.92. The van der Waals surface area contributed by atoms with Gasteiger partial charge in [0.05, 0.1) is 13.2 Å². The third-order valence-corrected chi connectivity index (χ3v) is 5.68. The van der Waals surface area contributed by atoms with E-state index in [-0.39, 0.29) is 13.2 Å². The summed E-state index contributed by atoms with van der Waals surface area (Å²) in [7, 11) is 1.96. The summed E-state index contributed by atoms with van der Waals surface area (Å²) in [5, 5.41) is 7.07. The second kappa shape index (κ2) is 12.7. The van der Waals surface area contributed by atoms with Crippen LogP contribution in [0.1, 0.15) is 24.2 Å². The van der Waals surface area contributed by atoms with Crippen LogP contribution < -0.4 is 10.6 Å². The van der Waals surface area contributed by atoms with Crippen molar-refractivity contribution >= 4 is 45.9 Å². The minimum absolute atomic E-state index is 0.271. The molecular formula is C27H31N7O4. The standard InChI is InChI=1S/C27H31N7O4/c1-18-6-8-20-10-12-22(30-24(20)28-18)32-26(35)37-16-4-14-34(3)15-5-17-38-27(36)33-23-13-11-21-9-7-19(2)29-25(21)31-23/h6-13H,4-5,14-17H2,1-3H3,(H,28,30,32,35)(H,29,31,33,36). The first-order valence-electron chi connectivity index (χ1n) is 12.4. The van der Waals surface area contributed by atoms with Gasteiger partial charge in [-0.2, -0.15) is 0 Å². The van der Waals surface area contributed by atoms with Crippen LogP contribution in [0.3, 0.4) is 0 Å². The van der Waals surface area contributed by atoms with Crippen LogP contribution in [0.25, 0.3) is 22.1 Å². The van der Waals surface area contributed by atoms with Gasteiger partial charge < -0.3 is 14.4 Å². The van der Waals surface area contributed by atoms with Crippen molar-refractivity contribution in [2.24, 2.45) is 0 Å². The highest BCUT2D eigenvalue weighted by molar-refractivity contribution is 5.86. The van der Waals surface area contributed by atoms with Crippen molar-refractivity contribution in [3.05, 3.63) is 59.9 Å². The molecule has 4 aromatic rings. The number of nitrogens with one attached hydrogen (secondary N) is 2. The number of fused-ring (bicyclic) bond motifs is 2. The van der Waals surface area contributed by atoms with Gasteiger partial charge in [0.15, 0.2) is 11.3 Å². The van der Waals surface area contributed by atoms with E-state index >= 15 is 0 Å². The van der Waals surface area contributed by atoms with E-state index in [0.29, 0.717) is 35.8 Å². The monoisotopic (exact) mass is 517 g/mol. The van der Waals surface area contributed by atoms with E-state index in [1.54, 1.807) is 12.1 Å². The Hall–Kier alpha value is -4.38. The maximum Gasteiger partial charge on any atom is 0.412 e. The number of hydrogen-bond donors (Lipinski definition) is 2. The largest absolute Gasteiger partial charge is 0.449 e. The van der Waals surface area contributed by atoms with Gasteiger partial charge in [-0.25, -0.2) is 29.5 Å². The Morgan fingerprint density at radius 2 is 1.11 bits per heavy atom. The number of rotatable bonds is 10. The molecule has 2 N–H and O–H groups in total. The van der Waals surface area contributed by atoms with Gasteiger partial charge in [-0.05, 0) is 82.3 Å². The molecule has 11 nitrogen and oxygen atoms in total. The number of amides is 2. The lowest BCUT2D eigenvalue weighted by atomic mass is 10.2. The van der Waals surface area contributed by atoms with Crippen LogP contribution in [0.4, 0.5) is 21.2 Å². The lowest BCUT2D eigenvalue weighted by Crippen LogP contribution is -2.25. The Morgan fingerprint density at radius 3 is 1.55 bits per heavy atom. The molecule has 0 fully saturated rings. The highest BCUT2D eigenvalue weighted by Gasteiger charge is 2.08. The van der Waals surface area contributed by atoms with Gasteiger partial charge in [-0.1, -0.05) is 0 Å². The average molecular weight is 518 g/mol. The normalized spacial score (nSPS) is 11.1. The van der Waals surface area contributed by atoms with E-state index in [0.717, 1.165) is 35.2 Å². The van der Waals surface area contributed by atoms with Gasteiger partial charge in [0.25, 0.3) is 0 Å². The van der Waals surface area contributed by atoms with Gasteiger partial charge in [-0.15, -0.1) is 0 Å². The van der Waals surface area contributed by atoms with Gasteiger partial charge >= 0.3 is 12.2 Å². The fraction of sp³-hybridized carbons (Fsp3) is 0.333. The Morgan fingerprint density at radius 1 is 0.684 bits per heavy atom. The van der Waals surface area contributed by atoms with Crippen molar-refractivity contribution in [3.8, 4) is 0 Å². The molecular weight excluding hydrogens is 486 g/mol. The number of aryl methyl sites for hydroxylation is 2. The summed E-state index contributed by atoms with van der Waals surface area (Å²) < 4.78 is 10.5. The molecule has 0 spiro atoms. The zero-order valence-electron chi connectivity index (χ0n) is 21.7. The van der Waals surface area contributed by atoms with Crippen LogP contribution in [-0.2, 0) is 9.47 Å². The molecule has 0 aromatic carbocycles. The molecule has 0 unspecified atom stereocenters. The number of carbonyl (C=O) groups excluding carboxylic acids is 2. The zero-order chi connectivity index (χ0) is 26.9. The molecule has 11 heteroatoms. The third-order valence-electron chi connectivity index (χ3n) is 5.68. The molecule has 4 rings (SSSR count). The first kappa shape index (κ1) is 26.7. The quantitative estimate of drug-likeness (QED) is 0.287. The van der Waals surface area contributed by atoms with Crippen LogP contribution in [0, 0.1) is 13.8 Å². The van der Waals surface area contributed by atoms with Crippen molar-refractivity contribution in [1.82, 2.24) is 24.8 Å². The Labute approximate surface area is 220 Å². The fourth-order valence-electron chi connectivity index (χ4n) is 3.72. The summed E-state index contributed by atoms with van der Waals surface area (Å²) in [5.74, 6) is 0.787. The number of anilines is 2. The van der Waals surface area contributed by atoms with Crippen molar-refractivity contribution in [1.29, 1.82) is 0 Å². The molecule has 0 radical (unpaired) electrons. The van der Waals surface area contributed by atoms with Crippen LogP contribution in [0.5, 0.6) is 0 Å². The van der Waals surface area contributed by atoms with Crippen molar-refractivity contribution in [3.63, 3.8) is 0 Å². The van der Waals surface area contributed by atoms with E-state index in [1.165, 1.54) is 0 Å². The Balaban J connectivity index is 1.08. The smallest absolute Gasteiger partial charge is 0.412 e. The predicted molar refractivity (Wildman–Crippen MR) is 145 cm³/mol. The van der Waals surface area contributed by atoms with E-state index in [1.807, 2.05) is 57.3 Å². The maximum absolute atomic E-state index is 12.1. The average Bonchev–Trinajstić information content (AvgIpc) is 2.88. The highest BCUT2D eigenvalue weighted by atomic mass is 16.6. The van der Waals surface area contributed by atoms with E-state index in [4.69, 9.17) is 9.47 Å². The molecule has 2 amide bonds. The summed E-state index contributed by atoms with van der Waals surface area (Å²) in [6.45, 7) is 5.77. The van der Waals surface area contributed by atoms with Crippen LogP contribution >= 0.6 is 0 Å². The second-order valence-electron chi connectivity index (χ2n) is 8.92. The number of carbonyl (C=O) groups is 2. The van der Waals surface area contributed by atoms with Crippen molar-refractivity contribution < 1.29 is 19.1 Å². The summed E-state index contributed by atoms with van der Waals surface area (Å²) in [4.78, 5) is 43.7. The fourth-order valence-corrected chi connectivity index (χ4v) is 3.72. The van der Waals surface area contributed by atoms with Gasteiger partial charge in [0.1, 0.15) is 11.6 Å². The van der Waals surface area contributed by atoms with E-state index in [2.05, 4.69) is 35.5 Å². The number of pyridine rings is 4. The summed E-state index contributed by atoms with van der Waals surface area (Å²) in [6.07, 6.45) is 0.216. The van der Waals surface area contributed by atoms with Gasteiger partial charge in [0.2, 0.25) is 0 Å². The molecule has 198 valence electrons. The van der Waals surface area contributed by atoms with Crippen LogP contribution in [0.15, 0.2) is 48.5 Å². The zero-order valence-corrected chi connectivity index (χ0v) is 21.7. The van der Waals surface area contributed by atoms with Gasteiger partial charge in [-0.3, -0.25) is 10.6 Å². The molecule has 0 aliphatic rings. The van der Waals surface area contributed by atoms with E-state index < -0.39 is 12.2 Å². The molecule has 0 bridgehead atoms. The summed E-state index contributed by atoms with van der Waals surface area (Å²) in [5.41, 5.74) is 2.86. The topological polar surface area (TPSA) is 131 Å². The summed E-state index contributed by atoms with van der Waals surface area (Å²) >= 11 is 0. The number of aromatic nitrogens is 4. The lowest BCUT2D eigenvalue weighted by Gasteiger charge is -2.16. The molecule has 38 heavy (non-hydrogen) atoms. The molecule has 0 aliphatic heterocycles. The van der Waals surface area contributed by atoms with Crippen LogP contribution in [-0.4, -0.2) is 70.4 Å². The Bertz CT molecular complexity index is 1320. The minimum Gasteiger partial charge on any atom is -0.449 e. The Kier molecular flexibility index (Phi) is 8.94. The number of ether oxygens (including phenoxy) is 2. The SMILES string of the molecule is Cc1ccc2ccc(NC(=O)OCCCN(C)CCCOC(=O)Nc3ccc4ccc(C)nc4n3)nc2n1. The van der Waals surface area contributed by atoms with Crippen molar-refractivity contribution in [2.45, 2.75) is 26.7 Å². The number of nitrogens with zero attached hydrogens (tertiary/aromatic N) is 5. The first-order valence-corrected chi connectivity index (χ1v) is 12.4. The molecule has 0 saturated carbocycles. The molecule has 4 aromatic heterocycles. The lowest BCUT2D eigenvalue weighted by molar-refractivity contribution is 0.148. The molecule has 0 saturated heterocycles. The molecule has 0 aliphatic carbocycles. The minimum atomic E-state index is -0.557. The predicted octanol–water partition coefficient (Wildman–Crippen LogP) is 4.70. The van der Waals surface area contributed by atoms with Crippen LogP contribution in [0.2, 0.25) is 0 Å². The third kappa shape index (κ3) is 7.81. The van der Waals surface area contributed by atoms with Crippen molar-refractivity contribution in [2.75, 3.05) is 44.0 Å². The molecule has 4 heterocycles.